The normalized spacial score (nSPS) is 20.4. The molecule has 0 aromatic carbocycles. The van der Waals surface area contributed by atoms with Crippen molar-refractivity contribution < 1.29 is 23.0 Å². The van der Waals surface area contributed by atoms with Gasteiger partial charge >= 0.3 is 0 Å². The molecule has 0 spiro atoms. The summed E-state index contributed by atoms with van der Waals surface area (Å²) in [5.74, 6) is 0. The standard InChI is InChI=1S/C21H42NO4P/c1-22(2,3)18-20-26-27(23,24)25-19-14-13-17-21-15-11-9-7-5-4-6-8-10-12-16-21/h17H,4-16,18-20H2,1-3H3. The average molecular weight is 404 g/mol. The van der Waals surface area contributed by atoms with Gasteiger partial charge in [-0.1, -0.05) is 56.6 Å². The number of phosphoric ester groups is 1. The molecule has 1 atom stereocenters. The van der Waals surface area contributed by atoms with E-state index < -0.39 is 7.82 Å². The number of rotatable bonds is 9. The first-order valence-electron chi connectivity index (χ1n) is 10.9. The third kappa shape index (κ3) is 15.4. The first-order chi connectivity index (χ1) is 12.8. The number of hydrogen-bond donors (Lipinski definition) is 0. The summed E-state index contributed by atoms with van der Waals surface area (Å²) < 4.78 is 22.3. The summed E-state index contributed by atoms with van der Waals surface area (Å²) in [6.45, 7) is 0.991. The lowest BCUT2D eigenvalue weighted by Gasteiger charge is -2.27. The van der Waals surface area contributed by atoms with E-state index in [9.17, 15) is 9.46 Å². The molecule has 27 heavy (non-hydrogen) atoms. The molecule has 5 nitrogen and oxygen atoms in total. The van der Waals surface area contributed by atoms with Crippen molar-refractivity contribution >= 4 is 7.82 Å². The van der Waals surface area contributed by atoms with Gasteiger partial charge in [-0.2, -0.15) is 0 Å². The van der Waals surface area contributed by atoms with Crippen LogP contribution < -0.4 is 4.89 Å². The lowest BCUT2D eigenvalue weighted by Crippen LogP contribution is -2.37. The highest BCUT2D eigenvalue weighted by Crippen LogP contribution is 2.38. The van der Waals surface area contributed by atoms with Crippen molar-refractivity contribution in [1.82, 2.24) is 0 Å². The number of quaternary nitrogens is 1. The van der Waals surface area contributed by atoms with Gasteiger partial charge < -0.3 is 18.4 Å². The minimum absolute atomic E-state index is 0.161. The summed E-state index contributed by atoms with van der Waals surface area (Å²) in [5, 5.41) is 0. The van der Waals surface area contributed by atoms with Crippen molar-refractivity contribution in [2.45, 2.75) is 83.5 Å². The Balaban J connectivity index is 2.24. The van der Waals surface area contributed by atoms with Crippen LogP contribution in [0.4, 0.5) is 0 Å². The summed E-state index contributed by atoms with van der Waals surface area (Å²) in [6.07, 6.45) is 18.5. The van der Waals surface area contributed by atoms with Crippen LogP contribution in [-0.4, -0.2) is 45.4 Å². The number of phosphoric acid groups is 1. The van der Waals surface area contributed by atoms with Crippen LogP contribution in [0.15, 0.2) is 11.6 Å². The molecule has 1 fully saturated rings. The lowest BCUT2D eigenvalue weighted by atomic mass is 9.96. The molecule has 1 saturated carbocycles. The van der Waals surface area contributed by atoms with E-state index in [-0.39, 0.29) is 13.2 Å². The monoisotopic (exact) mass is 403 g/mol. The Labute approximate surface area is 167 Å². The van der Waals surface area contributed by atoms with E-state index in [1.165, 1.54) is 70.6 Å². The van der Waals surface area contributed by atoms with E-state index >= 15 is 0 Å². The number of unbranched alkanes of at least 4 members (excludes halogenated alkanes) is 1. The fraction of sp³-hybridized carbons (Fsp3) is 0.905. The van der Waals surface area contributed by atoms with Crippen LogP contribution in [0.2, 0.25) is 0 Å². The zero-order chi connectivity index (χ0) is 20.0. The van der Waals surface area contributed by atoms with Gasteiger partial charge in [-0.3, -0.25) is 4.57 Å². The van der Waals surface area contributed by atoms with E-state index in [0.717, 1.165) is 6.42 Å². The zero-order valence-corrected chi connectivity index (χ0v) is 18.8. The molecule has 0 bridgehead atoms. The van der Waals surface area contributed by atoms with E-state index in [1.807, 2.05) is 21.1 Å². The molecule has 0 heterocycles. The fourth-order valence-electron chi connectivity index (χ4n) is 3.30. The first-order valence-corrected chi connectivity index (χ1v) is 12.3. The van der Waals surface area contributed by atoms with Crippen LogP contribution in [0.5, 0.6) is 0 Å². The molecule has 0 radical (unpaired) electrons. The number of allylic oxidation sites excluding steroid dienone is 2. The van der Waals surface area contributed by atoms with Gasteiger partial charge in [0.25, 0.3) is 7.82 Å². The van der Waals surface area contributed by atoms with Gasteiger partial charge in [0.05, 0.1) is 27.7 Å². The molecule has 0 aliphatic heterocycles. The van der Waals surface area contributed by atoms with Gasteiger partial charge in [-0.25, -0.2) is 0 Å². The fourth-order valence-corrected chi connectivity index (χ4v) is 4.03. The third-order valence-electron chi connectivity index (χ3n) is 5.04. The number of likely N-dealkylation sites (N-methyl/N-ethyl adjacent to an activating group) is 1. The van der Waals surface area contributed by atoms with Crippen LogP contribution in [0.3, 0.4) is 0 Å². The van der Waals surface area contributed by atoms with Crippen molar-refractivity contribution in [2.75, 3.05) is 40.9 Å². The maximum Gasteiger partial charge on any atom is 0.268 e. The van der Waals surface area contributed by atoms with Gasteiger partial charge in [0.2, 0.25) is 0 Å². The Morgan fingerprint density at radius 3 is 1.89 bits per heavy atom. The third-order valence-corrected chi connectivity index (χ3v) is 6.04. The number of nitrogens with zero attached hydrogens (tertiary/aromatic N) is 1. The average Bonchev–Trinajstić information content (AvgIpc) is 2.55. The molecule has 0 saturated heterocycles. The first kappa shape index (κ1) is 24.8. The van der Waals surface area contributed by atoms with E-state index in [1.54, 1.807) is 5.57 Å². The molecule has 0 aromatic heterocycles. The minimum Gasteiger partial charge on any atom is -0.756 e. The van der Waals surface area contributed by atoms with Crippen molar-refractivity contribution in [2.24, 2.45) is 0 Å². The highest BCUT2D eigenvalue weighted by Gasteiger charge is 2.13. The second kappa shape index (κ2) is 13.9. The van der Waals surface area contributed by atoms with Crippen molar-refractivity contribution in [3.8, 4) is 0 Å². The Hall–Kier alpha value is -0.190. The molecule has 0 aromatic rings. The van der Waals surface area contributed by atoms with Crippen molar-refractivity contribution in [3.63, 3.8) is 0 Å². The van der Waals surface area contributed by atoms with Gasteiger partial charge in [0, 0.05) is 0 Å². The lowest BCUT2D eigenvalue weighted by molar-refractivity contribution is -0.870. The molecule has 0 amide bonds. The van der Waals surface area contributed by atoms with Gasteiger partial charge in [-0.15, -0.1) is 0 Å². The molecule has 0 N–H and O–H groups in total. The molecular formula is C21H42NO4P. The summed E-state index contributed by atoms with van der Waals surface area (Å²) in [5.41, 5.74) is 1.56. The molecule has 1 rings (SSSR count). The van der Waals surface area contributed by atoms with E-state index in [4.69, 9.17) is 9.05 Å². The molecule has 160 valence electrons. The summed E-state index contributed by atoms with van der Waals surface area (Å²) in [7, 11) is 1.82. The Bertz CT molecular complexity index is 446. The maximum absolute atomic E-state index is 11.8. The number of hydrogen-bond acceptors (Lipinski definition) is 4. The van der Waals surface area contributed by atoms with E-state index in [0.29, 0.717) is 17.4 Å². The second-order valence-corrected chi connectivity index (χ2v) is 10.2. The highest BCUT2D eigenvalue weighted by molar-refractivity contribution is 7.45. The van der Waals surface area contributed by atoms with Gasteiger partial charge in [0.15, 0.2) is 0 Å². The smallest absolute Gasteiger partial charge is 0.268 e. The largest absolute Gasteiger partial charge is 0.756 e. The van der Waals surface area contributed by atoms with Crippen LogP contribution in [-0.2, 0) is 13.6 Å². The van der Waals surface area contributed by atoms with Crippen LogP contribution in [0.1, 0.15) is 83.5 Å². The predicted molar refractivity (Wildman–Crippen MR) is 111 cm³/mol. The Morgan fingerprint density at radius 2 is 1.37 bits per heavy atom. The van der Waals surface area contributed by atoms with Gasteiger partial charge in [-0.05, 0) is 38.5 Å². The molecule has 6 heteroatoms. The van der Waals surface area contributed by atoms with Crippen molar-refractivity contribution in [3.05, 3.63) is 11.6 Å². The van der Waals surface area contributed by atoms with Crippen LogP contribution in [0, 0.1) is 0 Å². The predicted octanol–water partition coefficient (Wildman–Crippen LogP) is 5.21. The quantitative estimate of drug-likeness (QED) is 0.230. The maximum atomic E-state index is 11.8. The highest BCUT2D eigenvalue weighted by atomic mass is 31.2. The molecule has 1 unspecified atom stereocenters. The molecule has 1 aliphatic carbocycles. The Kier molecular flexibility index (Phi) is 12.8. The Morgan fingerprint density at radius 1 is 0.889 bits per heavy atom. The van der Waals surface area contributed by atoms with Crippen LogP contribution >= 0.6 is 7.82 Å². The van der Waals surface area contributed by atoms with E-state index in [2.05, 4.69) is 6.08 Å². The zero-order valence-electron chi connectivity index (χ0n) is 17.9. The summed E-state index contributed by atoms with van der Waals surface area (Å²) in [4.78, 5) is 11.8. The SMILES string of the molecule is C[N+](C)(C)CCOP(=O)([O-])OCCCC=C1CCCCCCCCCCC1. The molecular weight excluding hydrogens is 361 g/mol. The minimum atomic E-state index is -4.16. The van der Waals surface area contributed by atoms with Crippen molar-refractivity contribution in [1.29, 1.82) is 0 Å². The molecule has 1 aliphatic rings. The topological polar surface area (TPSA) is 58.6 Å². The van der Waals surface area contributed by atoms with Crippen LogP contribution in [0.25, 0.3) is 0 Å². The summed E-state index contributed by atoms with van der Waals surface area (Å²) in [6, 6.07) is 0. The van der Waals surface area contributed by atoms with Gasteiger partial charge in [0.1, 0.15) is 13.2 Å². The second-order valence-electron chi connectivity index (χ2n) is 8.81. The summed E-state index contributed by atoms with van der Waals surface area (Å²) >= 11 is 0.